The molecule has 1 aliphatic rings. The summed E-state index contributed by atoms with van der Waals surface area (Å²) >= 11 is 1.18. The number of carbonyl (C=O) groups excluding carboxylic acids is 1. The highest BCUT2D eigenvalue weighted by molar-refractivity contribution is 8.00. The predicted molar refractivity (Wildman–Crippen MR) is 127 cm³/mol. The Kier molecular flexibility index (Phi) is 6.35. The highest BCUT2D eigenvalue weighted by Crippen LogP contribution is 2.39. The molecule has 0 radical (unpaired) electrons. The van der Waals surface area contributed by atoms with Crippen LogP contribution < -0.4 is 19.5 Å². The molecule has 8 nitrogen and oxygen atoms in total. The number of amides is 1. The van der Waals surface area contributed by atoms with Crippen LogP contribution in [0, 0.1) is 0 Å². The summed E-state index contributed by atoms with van der Waals surface area (Å²) in [6.07, 6.45) is 0. The summed E-state index contributed by atoms with van der Waals surface area (Å²) in [7, 11) is 0. The van der Waals surface area contributed by atoms with Crippen LogP contribution in [0.15, 0.2) is 82.4 Å². The lowest BCUT2D eigenvalue weighted by molar-refractivity contribution is -0.115. The number of carbonyl (C=O) groups is 1. The fourth-order valence-corrected chi connectivity index (χ4v) is 4.33. The van der Waals surface area contributed by atoms with Crippen molar-refractivity contribution in [3.05, 3.63) is 78.4 Å². The fourth-order valence-electron chi connectivity index (χ4n) is 3.45. The number of ether oxygens (including phenoxy) is 3. The van der Waals surface area contributed by atoms with E-state index in [0.717, 1.165) is 5.56 Å². The first-order valence-corrected chi connectivity index (χ1v) is 11.6. The quantitative estimate of drug-likeness (QED) is 0.341. The van der Waals surface area contributed by atoms with Gasteiger partial charge in [-0.2, -0.15) is 0 Å². The molecule has 1 amide bonds. The van der Waals surface area contributed by atoms with Gasteiger partial charge in [0.2, 0.25) is 18.6 Å². The zero-order valence-corrected chi connectivity index (χ0v) is 19.1. The minimum absolute atomic E-state index is 0.185. The average molecular weight is 476 g/mol. The van der Waals surface area contributed by atoms with Crippen molar-refractivity contribution < 1.29 is 23.4 Å². The number of thioether (sulfide) groups is 1. The monoisotopic (exact) mass is 475 g/mol. The molecule has 0 saturated heterocycles. The lowest BCUT2D eigenvalue weighted by atomic mass is 10.1. The van der Waals surface area contributed by atoms with Crippen molar-refractivity contribution in [2.75, 3.05) is 18.7 Å². The number of aromatic nitrogens is 2. The van der Waals surface area contributed by atoms with E-state index >= 15 is 0 Å². The summed E-state index contributed by atoms with van der Waals surface area (Å²) in [5, 5.41) is 10.9. The average Bonchev–Trinajstić information content (AvgIpc) is 3.53. The van der Waals surface area contributed by atoms with Crippen LogP contribution in [0.5, 0.6) is 17.2 Å². The minimum atomic E-state index is -0.624. The maximum absolute atomic E-state index is 13.4. The van der Waals surface area contributed by atoms with Crippen molar-refractivity contribution in [1.82, 2.24) is 10.2 Å². The number of benzene rings is 3. The lowest BCUT2D eigenvalue weighted by Crippen LogP contribution is -2.19. The van der Waals surface area contributed by atoms with Crippen molar-refractivity contribution in [1.29, 1.82) is 0 Å². The van der Waals surface area contributed by atoms with Crippen molar-refractivity contribution in [2.45, 2.75) is 17.4 Å². The van der Waals surface area contributed by atoms with Gasteiger partial charge < -0.3 is 23.9 Å². The van der Waals surface area contributed by atoms with E-state index in [1.165, 1.54) is 11.8 Å². The molecule has 172 valence electrons. The molecule has 5 rings (SSSR count). The van der Waals surface area contributed by atoms with Gasteiger partial charge in [0.15, 0.2) is 11.5 Å². The van der Waals surface area contributed by atoms with Gasteiger partial charge in [0.05, 0.1) is 12.3 Å². The van der Waals surface area contributed by atoms with Gasteiger partial charge in [-0.15, -0.1) is 10.2 Å². The summed E-state index contributed by atoms with van der Waals surface area (Å²) in [5.74, 6) is 2.00. The number of para-hydroxylation sites is 2. The van der Waals surface area contributed by atoms with Crippen molar-refractivity contribution >= 4 is 23.4 Å². The number of rotatable bonds is 8. The Morgan fingerprint density at radius 1 is 1.03 bits per heavy atom. The highest BCUT2D eigenvalue weighted by Gasteiger charge is 2.26. The second-order valence-corrected chi connectivity index (χ2v) is 8.32. The smallest absolute Gasteiger partial charge is 0.277 e. The van der Waals surface area contributed by atoms with E-state index in [-0.39, 0.29) is 17.9 Å². The summed E-state index contributed by atoms with van der Waals surface area (Å²) in [5.41, 5.74) is 2.11. The SMILES string of the molecule is CCOc1ccccc1NC(=O)[C@@H](Sc1nnc(-c2ccc3c(c2)OCO3)o1)c1ccccc1. The Morgan fingerprint density at radius 2 is 1.82 bits per heavy atom. The second-order valence-electron chi connectivity index (χ2n) is 7.27. The first kappa shape index (κ1) is 21.8. The minimum Gasteiger partial charge on any atom is -0.492 e. The number of anilines is 1. The normalized spacial score (nSPS) is 12.9. The van der Waals surface area contributed by atoms with Crippen molar-refractivity contribution in [3.63, 3.8) is 0 Å². The van der Waals surface area contributed by atoms with Crippen LogP contribution in [-0.2, 0) is 4.79 Å². The Balaban J connectivity index is 1.39. The number of nitrogens with zero attached hydrogens (tertiary/aromatic N) is 2. The molecule has 1 aromatic heterocycles. The maximum atomic E-state index is 13.4. The molecule has 34 heavy (non-hydrogen) atoms. The first-order chi connectivity index (χ1) is 16.7. The topological polar surface area (TPSA) is 95.7 Å². The van der Waals surface area contributed by atoms with E-state index in [1.807, 2.05) is 61.5 Å². The van der Waals surface area contributed by atoms with E-state index in [1.54, 1.807) is 18.2 Å². The molecular weight excluding hydrogens is 454 g/mol. The van der Waals surface area contributed by atoms with Gasteiger partial charge in [-0.3, -0.25) is 4.79 Å². The molecule has 1 N–H and O–H groups in total. The van der Waals surface area contributed by atoms with E-state index in [9.17, 15) is 4.79 Å². The molecule has 0 aliphatic carbocycles. The molecule has 1 atom stereocenters. The first-order valence-electron chi connectivity index (χ1n) is 10.7. The number of fused-ring (bicyclic) bond motifs is 1. The summed E-state index contributed by atoms with van der Waals surface area (Å²) in [6.45, 7) is 2.58. The second kappa shape index (κ2) is 9.88. The molecule has 3 aromatic carbocycles. The Bertz CT molecular complexity index is 1290. The Labute approximate surface area is 200 Å². The maximum Gasteiger partial charge on any atom is 0.277 e. The van der Waals surface area contributed by atoms with Crippen LogP contribution in [-0.4, -0.2) is 29.5 Å². The molecule has 0 spiro atoms. The van der Waals surface area contributed by atoms with Crippen LogP contribution in [0.1, 0.15) is 17.7 Å². The van der Waals surface area contributed by atoms with Gasteiger partial charge in [-0.25, -0.2) is 0 Å². The number of nitrogens with one attached hydrogen (secondary N) is 1. The molecule has 4 aromatic rings. The van der Waals surface area contributed by atoms with Crippen LogP contribution in [0.2, 0.25) is 0 Å². The fraction of sp³-hybridized carbons (Fsp3) is 0.160. The highest BCUT2D eigenvalue weighted by atomic mass is 32.2. The molecular formula is C25H21N3O5S. The van der Waals surface area contributed by atoms with Gasteiger partial charge in [0, 0.05) is 5.56 Å². The number of hydrogen-bond acceptors (Lipinski definition) is 8. The van der Waals surface area contributed by atoms with Gasteiger partial charge in [-0.1, -0.05) is 42.5 Å². The Morgan fingerprint density at radius 3 is 2.68 bits per heavy atom. The van der Waals surface area contributed by atoms with E-state index < -0.39 is 5.25 Å². The third kappa shape index (κ3) is 4.69. The summed E-state index contributed by atoms with van der Waals surface area (Å²) < 4.78 is 22.3. The summed E-state index contributed by atoms with van der Waals surface area (Å²) in [6, 6.07) is 22.2. The number of hydrogen-bond donors (Lipinski definition) is 1. The predicted octanol–water partition coefficient (Wildman–Crippen LogP) is 5.34. The van der Waals surface area contributed by atoms with Crippen molar-refractivity contribution in [3.8, 4) is 28.7 Å². The standard InChI is InChI=1S/C25H21N3O5S/c1-2-30-19-11-7-6-10-18(19)26-23(29)22(16-8-4-3-5-9-16)34-25-28-27-24(33-25)17-12-13-20-21(14-17)32-15-31-20/h3-14,22H,2,15H2,1H3,(H,26,29)/t22-/m0/s1. The zero-order valence-electron chi connectivity index (χ0n) is 18.3. The van der Waals surface area contributed by atoms with Crippen molar-refractivity contribution in [2.24, 2.45) is 0 Å². The van der Waals surface area contributed by atoms with Gasteiger partial charge in [0.1, 0.15) is 11.0 Å². The third-order valence-electron chi connectivity index (χ3n) is 5.03. The van der Waals surface area contributed by atoms with E-state index in [2.05, 4.69) is 15.5 Å². The largest absolute Gasteiger partial charge is 0.492 e. The molecule has 1 aliphatic heterocycles. The summed E-state index contributed by atoms with van der Waals surface area (Å²) in [4.78, 5) is 13.4. The molecule has 0 fully saturated rings. The van der Waals surface area contributed by atoms with Crippen LogP contribution in [0.3, 0.4) is 0 Å². The molecule has 0 unspecified atom stereocenters. The van der Waals surface area contributed by atoms with Gasteiger partial charge in [0.25, 0.3) is 5.22 Å². The lowest BCUT2D eigenvalue weighted by Gasteiger charge is -2.17. The zero-order chi connectivity index (χ0) is 23.3. The van der Waals surface area contributed by atoms with Crippen LogP contribution in [0.4, 0.5) is 5.69 Å². The molecule has 2 heterocycles. The van der Waals surface area contributed by atoms with E-state index in [4.69, 9.17) is 18.6 Å². The molecule has 0 bridgehead atoms. The van der Waals surface area contributed by atoms with Crippen LogP contribution >= 0.6 is 11.8 Å². The molecule has 9 heteroatoms. The third-order valence-corrected chi connectivity index (χ3v) is 6.12. The van der Waals surface area contributed by atoms with Gasteiger partial charge >= 0.3 is 0 Å². The molecule has 0 saturated carbocycles. The van der Waals surface area contributed by atoms with E-state index in [0.29, 0.717) is 41.0 Å². The van der Waals surface area contributed by atoms with Crippen LogP contribution in [0.25, 0.3) is 11.5 Å². The Hall–Kier alpha value is -3.98. The van der Waals surface area contributed by atoms with Gasteiger partial charge in [-0.05, 0) is 54.6 Å².